The molecule has 14 heteroatoms. The maximum atomic E-state index is 13.2. The summed E-state index contributed by atoms with van der Waals surface area (Å²) in [5, 5.41) is 86.9. The maximum absolute atomic E-state index is 13.2. The number of unbranched alkanes of at least 4 members (excludes halogenated alkanes) is 27. The fourth-order valence-corrected chi connectivity index (χ4v) is 8.83. The van der Waals surface area contributed by atoms with Crippen LogP contribution in [0.3, 0.4) is 0 Å². The van der Waals surface area contributed by atoms with E-state index >= 15 is 0 Å². The van der Waals surface area contributed by atoms with E-state index in [9.17, 15) is 45.6 Å². The highest BCUT2D eigenvalue weighted by molar-refractivity contribution is 5.76. The monoisotopic (exact) mass is 906 g/mol. The van der Waals surface area contributed by atoms with E-state index in [0.717, 1.165) is 51.4 Å². The summed E-state index contributed by atoms with van der Waals surface area (Å²) in [6.45, 7) is 2.86. The Bertz CT molecular complexity index is 1070. The molecule has 2 aliphatic rings. The van der Waals surface area contributed by atoms with E-state index < -0.39 is 86.8 Å². The van der Waals surface area contributed by atoms with Crippen molar-refractivity contribution in [2.45, 2.75) is 286 Å². The molecule has 12 atom stereocenters. The van der Waals surface area contributed by atoms with Gasteiger partial charge < -0.3 is 65.1 Å². The van der Waals surface area contributed by atoms with Crippen LogP contribution in [0.25, 0.3) is 0 Å². The Morgan fingerprint density at radius 2 is 0.905 bits per heavy atom. The molecule has 0 aromatic rings. The second-order valence-electron chi connectivity index (χ2n) is 18.7. The third kappa shape index (κ3) is 24.5. The lowest BCUT2D eigenvalue weighted by Gasteiger charge is -2.46. The molecule has 0 bridgehead atoms. The van der Waals surface area contributed by atoms with Crippen LogP contribution in [-0.2, 0) is 23.7 Å². The predicted octanol–water partition coefficient (Wildman–Crippen LogP) is 6.61. The van der Waals surface area contributed by atoms with Crippen LogP contribution in [0.5, 0.6) is 0 Å². The Morgan fingerprint density at radius 3 is 1.35 bits per heavy atom. The van der Waals surface area contributed by atoms with Gasteiger partial charge in [-0.2, -0.15) is 0 Å². The van der Waals surface area contributed by atoms with Crippen molar-refractivity contribution < 1.29 is 64.6 Å². The molecule has 12 unspecified atom stereocenters. The molecule has 14 nitrogen and oxygen atoms in total. The van der Waals surface area contributed by atoms with Gasteiger partial charge >= 0.3 is 0 Å². The summed E-state index contributed by atoms with van der Waals surface area (Å²) in [7, 11) is 0. The number of aliphatic hydroxyl groups is 8. The fourth-order valence-electron chi connectivity index (χ4n) is 8.83. The molecule has 0 radical (unpaired) electrons. The summed E-state index contributed by atoms with van der Waals surface area (Å²) >= 11 is 0. The predicted molar refractivity (Wildman–Crippen MR) is 245 cm³/mol. The normalized spacial score (nSPS) is 27.4. The van der Waals surface area contributed by atoms with E-state index in [4.69, 9.17) is 18.9 Å². The molecule has 374 valence electrons. The Labute approximate surface area is 381 Å². The zero-order valence-electron chi connectivity index (χ0n) is 39.6. The molecular formula is C49H95NO13. The van der Waals surface area contributed by atoms with Crippen molar-refractivity contribution in [2.24, 2.45) is 0 Å². The topological polar surface area (TPSA) is 228 Å². The largest absolute Gasteiger partial charge is 0.394 e. The number of carbonyl (C=O) groups is 1. The van der Waals surface area contributed by atoms with E-state index in [1.165, 1.54) is 135 Å². The molecule has 2 saturated heterocycles. The number of carbonyl (C=O) groups excluding carboxylic acids is 1. The summed E-state index contributed by atoms with van der Waals surface area (Å²) in [4.78, 5) is 13.2. The number of hydrogen-bond donors (Lipinski definition) is 9. The molecule has 0 spiro atoms. The zero-order chi connectivity index (χ0) is 46.1. The van der Waals surface area contributed by atoms with Gasteiger partial charge in [-0.3, -0.25) is 4.79 Å². The molecule has 1 amide bonds. The van der Waals surface area contributed by atoms with Crippen LogP contribution in [-0.4, -0.2) is 140 Å². The Morgan fingerprint density at radius 1 is 0.508 bits per heavy atom. The van der Waals surface area contributed by atoms with Crippen LogP contribution in [0.1, 0.15) is 213 Å². The molecule has 2 heterocycles. The number of nitrogens with one attached hydrogen (secondary N) is 1. The lowest BCUT2D eigenvalue weighted by Crippen LogP contribution is -2.65. The SMILES string of the molecule is CCCCCCCCCCCCCCCCCC(=O)NC(COC1OC(CO)C(OC2OC(CO)C(O)C(O)C2O)C(O)C1O)C(O)CCCCCCCCCCCCCCCC. The van der Waals surface area contributed by atoms with E-state index in [-0.39, 0.29) is 12.5 Å². The second-order valence-corrected chi connectivity index (χ2v) is 18.7. The molecule has 0 aromatic heterocycles. The first-order valence-corrected chi connectivity index (χ1v) is 25.8. The molecule has 63 heavy (non-hydrogen) atoms. The molecule has 2 rings (SSSR count). The van der Waals surface area contributed by atoms with Crippen LogP contribution >= 0.6 is 0 Å². The molecule has 2 fully saturated rings. The number of rotatable bonds is 40. The Balaban J connectivity index is 1.83. The third-order valence-corrected chi connectivity index (χ3v) is 13.1. The van der Waals surface area contributed by atoms with E-state index in [0.29, 0.717) is 12.8 Å². The molecule has 2 aliphatic heterocycles. The van der Waals surface area contributed by atoms with Gasteiger partial charge in [0.1, 0.15) is 48.8 Å². The third-order valence-electron chi connectivity index (χ3n) is 13.1. The maximum Gasteiger partial charge on any atom is 0.220 e. The highest BCUT2D eigenvalue weighted by Gasteiger charge is 2.51. The van der Waals surface area contributed by atoms with Crippen molar-refractivity contribution in [3.8, 4) is 0 Å². The van der Waals surface area contributed by atoms with Crippen molar-refractivity contribution in [1.82, 2.24) is 5.32 Å². The second kappa shape index (κ2) is 37.0. The quantitative estimate of drug-likeness (QED) is 0.0296. The van der Waals surface area contributed by atoms with Crippen LogP contribution in [0.4, 0.5) is 0 Å². The standard InChI is InChI=1S/C49H95NO13/c1-3-5-7-9-11-13-15-17-19-21-23-25-27-29-31-33-41(54)50-37(38(53)32-30-28-26-24-22-20-18-16-14-12-10-8-6-4-2)36-60-48-46(59)44(57)47(40(35-52)62-48)63-49-45(58)43(56)42(55)39(34-51)61-49/h37-40,42-49,51-53,55-59H,3-36H2,1-2H3,(H,50,54). The minimum absolute atomic E-state index is 0.204. The van der Waals surface area contributed by atoms with Crippen molar-refractivity contribution >= 4 is 5.91 Å². The van der Waals surface area contributed by atoms with Crippen LogP contribution in [0, 0.1) is 0 Å². The number of ether oxygens (including phenoxy) is 4. The minimum atomic E-state index is -1.78. The van der Waals surface area contributed by atoms with Gasteiger partial charge in [0.25, 0.3) is 0 Å². The van der Waals surface area contributed by atoms with Gasteiger partial charge in [-0.1, -0.05) is 194 Å². The number of hydrogen-bond acceptors (Lipinski definition) is 13. The van der Waals surface area contributed by atoms with E-state index in [1.807, 2.05) is 0 Å². The van der Waals surface area contributed by atoms with Crippen LogP contribution in [0.2, 0.25) is 0 Å². The van der Waals surface area contributed by atoms with Crippen LogP contribution < -0.4 is 5.32 Å². The lowest BCUT2D eigenvalue weighted by molar-refractivity contribution is -0.359. The lowest BCUT2D eigenvalue weighted by atomic mass is 9.97. The van der Waals surface area contributed by atoms with E-state index in [1.54, 1.807) is 0 Å². The number of aliphatic hydroxyl groups excluding tert-OH is 8. The van der Waals surface area contributed by atoms with Crippen molar-refractivity contribution in [3.05, 3.63) is 0 Å². The van der Waals surface area contributed by atoms with Crippen molar-refractivity contribution in [1.29, 1.82) is 0 Å². The zero-order valence-corrected chi connectivity index (χ0v) is 39.6. The van der Waals surface area contributed by atoms with Gasteiger partial charge in [0.2, 0.25) is 5.91 Å². The van der Waals surface area contributed by atoms with Crippen molar-refractivity contribution in [3.63, 3.8) is 0 Å². The molecular weight excluding hydrogens is 811 g/mol. The van der Waals surface area contributed by atoms with Crippen LogP contribution in [0.15, 0.2) is 0 Å². The summed E-state index contributed by atoms with van der Waals surface area (Å²) < 4.78 is 22.7. The first-order valence-electron chi connectivity index (χ1n) is 25.8. The average Bonchev–Trinajstić information content (AvgIpc) is 3.28. The summed E-state index contributed by atoms with van der Waals surface area (Å²) in [6.07, 6.45) is 19.5. The van der Waals surface area contributed by atoms with Gasteiger partial charge in [0.05, 0.1) is 32.0 Å². The van der Waals surface area contributed by atoms with Gasteiger partial charge in [0, 0.05) is 6.42 Å². The first-order chi connectivity index (χ1) is 30.6. The Hall–Kier alpha value is -1.01. The summed E-state index contributed by atoms with van der Waals surface area (Å²) in [5.74, 6) is -0.204. The molecule has 9 N–H and O–H groups in total. The van der Waals surface area contributed by atoms with E-state index in [2.05, 4.69) is 19.2 Å². The summed E-state index contributed by atoms with van der Waals surface area (Å²) in [6, 6.07) is -0.820. The highest BCUT2D eigenvalue weighted by Crippen LogP contribution is 2.30. The van der Waals surface area contributed by atoms with Gasteiger partial charge in [-0.25, -0.2) is 0 Å². The average molecular weight is 906 g/mol. The highest BCUT2D eigenvalue weighted by atomic mass is 16.7. The molecule has 0 aliphatic carbocycles. The smallest absolute Gasteiger partial charge is 0.220 e. The first kappa shape index (κ1) is 58.1. The number of amides is 1. The Kier molecular flexibility index (Phi) is 34.2. The molecule has 0 aromatic carbocycles. The minimum Gasteiger partial charge on any atom is -0.394 e. The summed E-state index contributed by atoms with van der Waals surface area (Å²) in [5.41, 5.74) is 0. The fraction of sp³-hybridized carbons (Fsp3) is 0.980. The molecule has 0 saturated carbocycles. The van der Waals surface area contributed by atoms with Gasteiger partial charge in [-0.15, -0.1) is 0 Å². The van der Waals surface area contributed by atoms with Gasteiger partial charge in [0.15, 0.2) is 12.6 Å². The van der Waals surface area contributed by atoms with Gasteiger partial charge in [-0.05, 0) is 12.8 Å². The van der Waals surface area contributed by atoms with Crippen molar-refractivity contribution in [2.75, 3.05) is 19.8 Å².